The van der Waals surface area contributed by atoms with Gasteiger partial charge in [-0.15, -0.1) is 0 Å². The number of carbonyl (C=O) groups excluding carboxylic acids is 2. The molecule has 0 aromatic carbocycles. The van der Waals surface area contributed by atoms with Gasteiger partial charge in [-0.1, -0.05) is 50.6 Å². The summed E-state index contributed by atoms with van der Waals surface area (Å²) in [5.41, 5.74) is 2.87. The summed E-state index contributed by atoms with van der Waals surface area (Å²) in [6.07, 6.45) is 7.81. The minimum Gasteiger partial charge on any atom is -0.299 e. The lowest BCUT2D eigenvalue weighted by atomic mass is 9.75. The Kier molecular flexibility index (Phi) is 4.89. The van der Waals surface area contributed by atoms with Crippen LogP contribution in [0, 0.1) is 17.3 Å². The number of rotatable bonds is 1. The molecular weight excluding hydrogens is 272 g/mol. The first-order valence-electron chi connectivity index (χ1n) is 8.34. The second-order valence-corrected chi connectivity index (χ2v) is 7.58. The second-order valence-electron chi connectivity index (χ2n) is 7.58. The minimum atomic E-state index is -0.323. The first-order valence-corrected chi connectivity index (χ1v) is 8.34. The normalized spacial score (nSPS) is 30.8. The highest BCUT2D eigenvalue weighted by Gasteiger charge is 2.47. The highest BCUT2D eigenvalue weighted by Crippen LogP contribution is 2.50. The SMILES string of the molecule is C=C1CCC=C(C)CC=C2[C@@H](C(C)C)C(=O)C[C@]2(C)CC1=O. The molecule has 0 aromatic rings. The summed E-state index contributed by atoms with van der Waals surface area (Å²) >= 11 is 0. The molecule has 0 heterocycles. The zero-order chi connectivity index (χ0) is 16.5. The zero-order valence-corrected chi connectivity index (χ0v) is 14.4. The summed E-state index contributed by atoms with van der Waals surface area (Å²) in [7, 11) is 0. The molecule has 22 heavy (non-hydrogen) atoms. The van der Waals surface area contributed by atoms with Crippen molar-refractivity contribution in [1.82, 2.24) is 0 Å². The van der Waals surface area contributed by atoms with Crippen LogP contribution in [0.2, 0.25) is 0 Å². The van der Waals surface area contributed by atoms with Crippen molar-refractivity contribution >= 4 is 11.6 Å². The van der Waals surface area contributed by atoms with E-state index in [9.17, 15) is 9.59 Å². The predicted octanol–water partition coefficient (Wildman–Crippen LogP) is 4.81. The lowest BCUT2D eigenvalue weighted by Crippen LogP contribution is -2.22. The molecule has 2 rings (SSSR count). The quantitative estimate of drug-likeness (QED) is 0.514. The Balaban J connectivity index is 2.46. The van der Waals surface area contributed by atoms with Crippen LogP contribution in [0.3, 0.4) is 0 Å². The summed E-state index contributed by atoms with van der Waals surface area (Å²) < 4.78 is 0. The number of hydrogen-bond donors (Lipinski definition) is 0. The molecular formula is C20H28O2. The van der Waals surface area contributed by atoms with Crippen LogP contribution in [0.25, 0.3) is 0 Å². The molecule has 2 aliphatic carbocycles. The molecule has 0 amide bonds. The van der Waals surface area contributed by atoms with Gasteiger partial charge in [0, 0.05) is 24.2 Å². The molecule has 0 spiro atoms. The lowest BCUT2D eigenvalue weighted by molar-refractivity contribution is -0.121. The van der Waals surface area contributed by atoms with Crippen LogP contribution in [-0.2, 0) is 9.59 Å². The standard InChI is InChI=1S/C20H28O2/c1-13(2)19-16-10-9-14(3)7-6-8-15(4)17(21)11-20(16,5)12-18(19)22/h7,10,13,19H,4,6,8-9,11-12H2,1-3,5H3/t19-,20+/m1/s1. The fourth-order valence-electron chi connectivity index (χ4n) is 3.88. The molecule has 0 radical (unpaired) electrons. The molecule has 0 unspecified atom stereocenters. The van der Waals surface area contributed by atoms with Crippen molar-refractivity contribution in [3.05, 3.63) is 35.5 Å². The van der Waals surface area contributed by atoms with E-state index in [4.69, 9.17) is 0 Å². The maximum absolute atomic E-state index is 12.5. The average Bonchev–Trinajstić information content (AvgIpc) is 2.65. The lowest BCUT2D eigenvalue weighted by Gasteiger charge is -2.28. The molecule has 1 fully saturated rings. The molecule has 2 aliphatic rings. The third kappa shape index (κ3) is 3.31. The van der Waals surface area contributed by atoms with Gasteiger partial charge in [0.25, 0.3) is 0 Å². The number of Topliss-reactive ketones (excluding diaryl/α,β-unsaturated/α-hetero) is 2. The van der Waals surface area contributed by atoms with Crippen LogP contribution in [-0.4, -0.2) is 11.6 Å². The van der Waals surface area contributed by atoms with Crippen LogP contribution in [0.1, 0.15) is 59.8 Å². The molecule has 2 heteroatoms. The first kappa shape index (κ1) is 16.9. The van der Waals surface area contributed by atoms with Gasteiger partial charge >= 0.3 is 0 Å². The van der Waals surface area contributed by atoms with Gasteiger partial charge in [-0.2, -0.15) is 0 Å². The predicted molar refractivity (Wildman–Crippen MR) is 90.5 cm³/mol. The van der Waals surface area contributed by atoms with Crippen molar-refractivity contribution in [3.8, 4) is 0 Å². The summed E-state index contributed by atoms with van der Waals surface area (Å²) in [6, 6.07) is 0. The minimum absolute atomic E-state index is 0.0281. The van der Waals surface area contributed by atoms with Crippen LogP contribution >= 0.6 is 0 Å². The van der Waals surface area contributed by atoms with Crippen LogP contribution in [0.15, 0.2) is 35.5 Å². The van der Waals surface area contributed by atoms with Gasteiger partial charge in [0.15, 0.2) is 5.78 Å². The number of ketones is 2. The summed E-state index contributed by atoms with van der Waals surface area (Å²) in [5, 5.41) is 0. The van der Waals surface area contributed by atoms with Gasteiger partial charge in [0.2, 0.25) is 0 Å². The van der Waals surface area contributed by atoms with E-state index in [1.165, 1.54) is 11.1 Å². The number of carbonyl (C=O) groups is 2. The maximum Gasteiger partial charge on any atom is 0.159 e. The van der Waals surface area contributed by atoms with Gasteiger partial charge in [0.05, 0.1) is 0 Å². The van der Waals surface area contributed by atoms with E-state index in [0.717, 1.165) is 19.3 Å². The van der Waals surface area contributed by atoms with Crippen molar-refractivity contribution < 1.29 is 9.59 Å². The summed E-state index contributed by atoms with van der Waals surface area (Å²) in [5.74, 6) is 0.673. The van der Waals surface area contributed by atoms with E-state index in [2.05, 4.69) is 46.4 Å². The van der Waals surface area contributed by atoms with E-state index in [1.54, 1.807) is 0 Å². The third-order valence-corrected chi connectivity index (χ3v) is 5.14. The fourth-order valence-corrected chi connectivity index (χ4v) is 3.88. The Morgan fingerprint density at radius 2 is 1.91 bits per heavy atom. The monoisotopic (exact) mass is 300 g/mol. The summed E-state index contributed by atoms with van der Waals surface area (Å²) in [4.78, 5) is 25.0. The second kappa shape index (κ2) is 6.36. The van der Waals surface area contributed by atoms with Gasteiger partial charge in [-0.3, -0.25) is 9.59 Å². The van der Waals surface area contributed by atoms with Crippen molar-refractivity contribution in [3.63, 3.8) is 0 Å². The molecule has 0 aromatic heterocycles. The Hall–Kier alpha value is -1.44. The molecule has 0 aliphatic heterocycles. The van der Waals surface area contributed by atoms with Crippen LogP contribution in [0.5, 0.6) is 0 Å². The highest BCUT2D eigenvalue weighted by atomic mass is 16.1. The molecule has 120 valence electrons. The van der Waals surface area contributed by atoms with E-state index in [-0.39, 0.29) is 23.0 Å². The van der Waals surface area contributed by atoms with E-state index in [0.29, 0.717) is 24.2 Å². The Morgan fingerprint density at radius 3 is 2.55 bits per heavy atom. The maximum atomic E-state index is 12.5. The molecule has 1 saturated carbocycles. The topological polar surface area (TPSA) is 34.1 Å². The fraction of sp³-hybridized carbons (Fsp3) is 0.600. The third-order valence-electron chi connectivity index (χ3n) is 5.14. The van der Waals surface area contributed by atoms with Crippen LogP contribution < -0.4 is 0 Å². The average molecular weight is 300 g/mol. The smallest absolute Gasteiger partial charge is 0.159 e. The molecule has 0 N–H and O–H groups in total. The molecule has 2 atom stereocenters. The number of allylic oxidation sites excluding steroid dienone is 5. The number of hydrogen-bond acceptors (Lipinski definition) is 2. The van der Waals surface area contributed by atoms with Crippen LogP contribution in [0.4, 0.5) is 0 Å². The zero-order valence-electron chi connectivity index (χ0n) is 14.4. The van der Waals surface area contributed by atoms with Crippen molar-refractivity contribution in [1.29, 1.82) is 0 Å². The van der Waals surface area contributed by atoms with Crippen molar-refractivity contribution in [2.75, 3.05) is 0 Å². The Bertz CT molecular complexity index is 562. The highest BCUT2D eigenvalue weighted by molar-refractivity contribution is 5.97. The molecule has 2 nitrogen and oxygen atoms in total. The number of fused-ring (bicyclic) bond motifs is 1. The first-order chi connectivity index (χ1) is 10.2. The Labute approximate surface area is 134 Å². The Morgan fingerprint density at radius 1 is 1.23 bits per heavy atom. The molecule has 0 bridgehead atoms. The van der Waals surface area contributed by atoms with Crippen molar-refractivity contribution in [2.24, 2.45) is 17.3 Å². The van der Waals surface area contributed by atoms with Crippen molar-refractivity contribution in [2.45, 2.75) is 59.8 Å². The largest absolute Gasteiger partial charge is 0.299 e. The van der Waals surface area contributed by atoms with Gasteiger partial charge in [-0.05, 0) is 37.7 Å². The summed E-state index contributed by atoms with van der Waals surface area (Å²) in [6.45, 7) is 12.4. The van der Waals surface area contributed by atoms with E-state index >= 15 is 0 Å². The molecule has 0 saturated heterocycles. The van der Waals surface area contributed by atoms with Gasteiger partial charge in [0.1, 0.15) is 5.78 Å². The van der Waals surface area contributed by atoms with Gasteiger partial charge in [-0.25, -0.2) is 0 Å². The van der Waals surface area contributed by atoms with E-state index in [1.807, 2.05) is 0 Å². The van der Waals surface area contributed by atoms with E-state index < -0.39 is 0 Å². The van der Waals surface area contributed by atoms with Gasteiger partial charge < -0.3 is 0 Å².